The fourth-order valence-corrected chi connectivity index (χ4v) is 3.95. The van der Waals surface area contributed by atoms with E-state index in [1.807, 2.05) is 89.5 Å². The molecule has 0 saturated heterocycles. The number of anilines is 1. The van der Waals surface area contributed by atoms with Crippen molar-refractivity contribution in [2.75, 3.05) is 17.8 Å². The van der Waals surface area contributed by atoms with Crippen molar-refractivity contribution in [2.45, 2.75) is 11.7 Å². The van der Waals surface area contributed by atoms with Gasteiger partial charge < -0.3 is 9.64 Å². The van der Waals surface area contributed by atoms with Crippen molar-refractivity contribution in [2.24, 2.45) is 0 Å². The van der Waals surface area contributed by atoms with E-state index < -0.39 is 0 Å². The van der Waals surface area contributed by atoms with Crippen LogP contribution in [0.5, 0.6) is 5.75 Å². The monoisotopic (exact) mass is 430 g/mol. The number of ether oxygens (including phenoxy) is 1. The Labute approximate surface area is 185 Å². The van der Waals surface area contributed by atoms with Gasteiger partial charge >= 0.3 is 0 Å². The topological polar surface area (TPSA) is 60.2 Å². The lowest BCUT2D eigenvalue weighted by molar-refractivity contribution is -0.116. The van der Waals surface area contributed by atoms with Gasteiger partial charge in [-0.2, -0.15) is 0 Å². The highest BCUT2D eigenvalue weighted by atomic mass is 32.2. The summed E-state index contributed by atoms with van der Waals surface area (Å²) in [4.78, 5) is 15.0. The van der Waals surface area contributed by atoms with Crippen LogP contribution in [-0.2, 0) is 11.3 Å². The van der Waals surface area contributed by atoms with Gasteiger partial charge in [0, 0.05) is 11.4 Å². The van der Waals surface area contributed by atoms with E-state index in [0.717, 1.165) is 22.7 Å². The largest absolute Gasteiger partial charge is 0.497 e. The lowest BCUT2D eigenvalue weighted by atomic mass is 10.2. The summed E-state index contributed by atoms with van der Waals surface area (Å²) in [5.74, 6) is 1.03. The zero-order valence-electron chi connectivity index (χ0n) is 17.1. The van der Waals surface area contributed by atoms with Gasteiger partial charge in [0.2, 0.25) is 5.91 Å². The molecule has 6 nitrogen and oxygen atoms in total. The fraction of sp³-hybridized carbons (Fsp3) is 0.125. The number of aromatic nitrogens is 3. The second-order valence-electron chi connectivity index (χ2n) is 6.77. The molecule has 4 rings (SSSR count). The molecule has 1 aromatic heterocycles. The number of thioether (sulfide) groups is 1. The molecule has 0 unspecified atom stereocenters. The van der Waals surface area contributed by atoms with Crippen molar-refractivity contribution in [1.29, 1.82) is 0 Å². The quantitative estimate of drug-likeness (QED) is 0.382. The average Bonchev–Trinajstić information content (AvgIpc) is 3.31. The normalized spacial score (nSPS) is 10.6. The van der Waals surface area contributed by atoms with Crippen molar-refractivity contribution in [1.82, 2.24) is 14.8 Å². The van der Waals surface area contributed by atoms with Gasteiger partial charge in [0.05, 0.1) is 19.4 Å². The minimum absolute atomic E-state index is 0.00401. The highest BCUT2D eigenvalue weighted by Gasteiger charge is 2.18. The van der Waals surface area contributed by atoms with E-state index in [1.54, 1.807) is 18.3 Å². The Morgan fingerprint density at radius 2 is 1.65 bits per heavy atom. The van der Waals surface area contributed by atoms with Gasteiger partial charge in [-0.3, -0.25) is 9.36 Å². The van der Waals surface area contributed by atoms with Crippen LogP contribution < -0.4 is 9.64 Å². The smallest absolute Gasteiger partial charge is 0.237 e. The van der Waals surface area contributed by atoms with Crippen LogP contribution in [-0.4, -0.2) is 33.5 Å². The lowest BCUT2D eigenvalue weighted by Gasteiger charge is -2.23. The maximum Gasteiger partial charge on any atom is 0.237 e. The number of hydrogen-bond acceptors (Lipinski definition) is 5. The zero-order chi connectivity index (χ0) is 21.5. The molecule has 4 aromatic rings. The first-order valence-electron chi connectivity index (χ1n) is 9.81. The molecular weight excluding hydrogens is 408 g/mol. The molecule has 0 atom stereocenters. The van der Waals surface area contributed by atoms with Gasteiger partial charge in [0.1, 0.15) is 12.1 Å². The Kier molecular flexibility index (Phi) is 6.64. The lowest BCUT2D eigenvalue weighted by Crippen LogP contribution is -2.32. The van der Waals surface area contributed by atoms with Crippen LogP contribution in [0.3, 0.4) is 0 Å². The van der Waals surface area contributed by atoms with Crippen LogP contribution in [0.4, 0.5) is 5.69 Å². The molecule has 1 heterocycles. The van der Waals surface area contributed by atoms with Crippen molar-refractivity contribution in [3.05, 3.63) is 96.8 Å². The molecule has 31 heavy (non-hydrogen) atoms. The van der Waals surface area contributed by atoms with E-state index in [1.165, 1.54) is 11.8 Å². The number of carbonyl (C=O) groups is 1. The van der Waals surface area contributed by atoms with E-state index in [0.29, 0.717) is 11.7 Å². The zero-order valence-corrected chi connectivity index (χ0v) is 17.9. The number of benzene rings is 3. The van der Waals surface area contributed by atoms with Crippen molar-refractivity contribution in [3.63, 3.8) is 0 Å². The first kappa shape index (κ1) is 20.7. The van der Waals surface area contributed by atoms with Gasteiger partial charge in [0.25, 0.3) is 0 Å². The predicted octanol–water partition coefficient (Wildman–Crippen LogP) is 4.60. The maximum atomic E-state index is 13.2. The van der Waals surface area contributed by atoms with E-state index in [2.05, 4.69) is 10.2 Å². The molecule has 0 saturated carbocycles. The Morgan fingerprint density at radius 3 is 2.32 bits per heavy atom. The number of hydrogen-bond donors (Lipinski definition) is 0. The number of methoxy groups -OCH3 is 1. The molecule has 0 aliphatic carbocycles. The Morgan fingerprint density at radius 1 is 0.968 bits per heavy atom. The molecule has 3 aromatic carbocycles. The van der Waals surface area contributed by atoms with Crippen LogP contribution >= 0.6 is 11.8 Å². The second-order valence-corrected chi connectivity index (χ2v) is 7.71. The molecule has 0 radical (unpaired) electrons. The average molecular weight is 431 g/mol. The van der Waals surface area contributed by atoms with Crippen LogP contribution in [0.25, 0.3) is 5.69 Å². The molecule has 7 heteroatoms. The standard InChI is InChI=1S/C24H22N4O2S/c1-30-22-14-12-21(13-15-22)28-18-25-26-24(28)31-17-23(29)27(20-10-6-3-7-11-20)16-19-8-4-2-5-9-19/h2-15,18H,16-17H2,1H3. The Hall–Kier alpha value is -3.58. The summed E-state index contributed by atoms with van der Waals surface area (Å²) in [5.41, 5.74) is 2.85. The summed E-state index contributed by atoms with van der Waals surface area (Å²) in [5, 5.41) is 8.88. The van der Waals surface area contributed by atoms with Crippen molar-refractivity contribution >= 4 is 23.4 Å². The molecule has 0 aliphatic rings. The number of carbonyl (C=O) groups excluding carboxylic acids is 1. The van der Waals surface area contributed by atoms with Crippen molar-refractivity contribution < 1.29 is 9.53 Å². The SMILES string of the molecule is COc1ccc(-n2cnnc2SCC(=O)N(Cc2ccccc2)c2ccccc2)cc1. The molecular formula is C24H22N4O2S. The molecule has 0 spiro atoms. The Balaban J connectivity index is 1.50. The van der Waals surface area contributed by atoms with Crippen LogP contribution in [0, 0.1) is 0 Å². The number of para-hydroxylation sites is 1. The number of nitrogens with zero attached hydrogens (tertiary/aromatic N) is 4. The van der Waals surface area contributed by atoms with Gasteiger partial charge in [0.15, 0.2) is 5.16 Å². The molecule has 1 amide bonds. The first-order chi connectivity index (χ1) is 15.2. The highest BCUT2D eigenvalue weighted by Crippen LogP contribution is 2.24. The third-order valence-corrected chi connectivity index (χ3v) is 5.67. The Bertz CT molecular complexity index is 1120. The summed E-state index contributed by atoms with van der Waals surface area (Å²) in [6.07, 6.45) is 1.65. The third kappa shape index (κ3) is 5.13. The van der Waals surface area contributed by atoms with Gasteiger partial charge in [-0.25, -0.2) is 0 Å². The molecule has 0 N–H and O–H groups in total. The van der Waals surface area contributed by atoms with Crippen molar-refractivity contribution in [3.8, 4) is 11.4 Å². The van der Waals surface area contributed by atoms with E-state index in [-0.39, 0.29) is 11.7 Å². The van der Waals surface area contributed by atoms with Crippen LogP contribution in [0.15, 0.2) is 96.4 Å². The maximum absolute atomic E-state index is 13.2. The molecule has 156 valence electrons. The molecule has 0 fully saturated rings. The first-order valence-corrected chi connectivity index (χ1v) is 10.8. The molecule has 0 aliphatic heterocycles. The predicted molar refractivity (Wildman–Crippen MR) is 123 cm³/mol. The van der Waals surface area contributed by atoms with Gasteiger partial charge in [-0.1, -0.05) is 60.3 Å². The minimum Gasteiger partial charge on any atom is -0.497 e. The fourth-order valence-electron chi connectivity index (χ4n) is 3.14. The van der Waals surface area contributed by atoms with E-state index in [4.69, 9.17) is 4.74 Å². The summed E-state index contributed by atoms with van der Waals surface area (Å²) < 4.78 is 7.08. The van der Waals surface area contributed by atoms with E-state index >= 15 is 0 Å². The minimum atomic E-state index is 0.00401. The molecule has 0 bridgehead atoms. The number of rotatable bonds is 8. The third-order valence-electron chi connectivity index (χ3n) is 4.74. The highest BCUT2D eigenvalue weighted by molar-refractivity contribution is 7.99. The van der Waals surface area contributed by atoms with Gasteiger partial charge in [-0.05, 0) is 42.0 Å². The van der Waals surface area contributed by atoms with E-state index in [9.17, 15) is 4.79 Å². The summed E-state index contributed by atoms with van der Waals surface area (Å²) in [6, 6.07) is 27.3. The second kappa shape index (κ2) is 9.95. The van der Waals surface area contributed by atoms with Crippen LogP contribution in [0.2, 0.25) is 0 Å². The summed E-state index contributed by atoms with van der Waals surface area (Å²) >= 11 is 1.37. The van der Waals surface area contributed by atoms with Crippen LogP contribution in [0.1, 0.15) is 5.56 Å². The van der Waals surface area contributed by atoms with Gasteiger partial charge in [-0.15, -0.1) is 10.2 Å². The summed E-state index contributed by atoms with van der Waals surface area (Å²) in [7, 11) is 1.63. The number of amides is 1. The summed E-state index contributed by atoms with van der Waals surface area (Å²) in [6.45, 7) is 0.509.